The van der Waals surface area contributed by atoms with Gasteiger partial charge in [-0.1, -0.05) is 13.8 Å². The molecular weight excluding hydrogens is 302 g/mol. The quantitative estimate of drug-likeness (QED) is 0.548. The van der Waals surface area contributed by atoms with Crippen LogP contribution >= 0.6 is 0 Å². The summed E-state index contributed by atoms with van der Waals surface area (Å²) in [6.07, 6.45) is 1.54. The highest BCUT2D eigenvalue weighted by atomic mass is 16.5. The maximum atomic E-state index is 10.9. The van der Waals surface area contributed by atoms with Gasteiger partial charge in [-0.25, -0.2) is 0 Å². The number of aliphatic hydroxyl groups excluding tert-OH is 1. The van der Waals surface area contributed by atoms with E-state index in [9.17, 15) is 15.1 Å². The number of carbonyl (C=O) groups is 2. The lowest BCUT2D eigenvalue weighted by Gasteiger charge is -2.43. The van der Waals surface area contributed by atoms with Crippen LogP contribution < -0.4 is 5.11 Å². The van der Waals surface area contributed by atoms with Gasteiger partial charge in [0, 0.05) is 26.2 Å². The number of hydroxylamine groups is 1. The molecule has 0 aromatic carbocycles. The molecule has 0 fully saturated rings. The minimum atomic E-state index is -1.08. The number of ketones is 1. The Labute approximate surface area is 137 Å². The Morgan fingerprint density at radius 3 is 2.26 bits per heavy atom. The summed E-state index contributed by atoms with van der Waals surface area (Å²) in [5, 5.41) is 28.5. The van der Waals surface area contributed by atoms with Crippen molar-refractivity contribution in [2.45, 2.75) is 72.1 Å². The van der Waals surface area contributed by atoms with E-state index >= 15 is 0 Å². The van der Waals surface area contributed by atoms with E-state index in [1.807, 2.05) is 27.7 Å². The third kappa shape index (κ3) is 6.27. The molecule has 0 aromatic heterocycles. The number of carboxylic acid groups (broad SMARTS) is 1. The number of Topliss-reactive ketones (excluding diaryl/α,β-unsaturated/α-hetero) is 1. The largest absolute Gasteiger partial charge is 0.550 e. The molecule has 0 aliphatic carbocycles. The number of carbonyl (C=O) groups excluding carboxylic acids is 2. The molecule has 2 N–H and O–H groups in total. The van der Waals surface area contributed by atoms with Gasteiger partial charge < -0.3 is 19.7 Å². The molecule has 0 saturated carbocycles. The van der Waals surface area contributed by atoms with Gasteiger partial charge in [0.25, 0.3) is 0 Å². The average molecular weight is 331 g/mol. The minimum absolute atomic E-state index is 0.0487. The standard InChI is InChI=1S/C14H26NO4.C2H4O2/c1-10(16)8-11(17)9-19-12-6-7-15(18)14(4,5)13(12,2)3;1-2(3)4/h7,11-12,17-18H,6,8-9H2,1-5H3;1H3,(H,3,4)/q+1;/p-1. The summed E-state index contributed by atoms with van der Waals surface area (Å²) >= 11 is 0. The molecular formula is C16H29NO6. The van der Waals surface area contributed by atoms with Crippen molar-refractivity contribution in [2.75, 3.05) is 6.61 Å². The van der Waals surface area contributed by atoms with Gasteiger partial charge in [-0.2, -0.15) is 0 Å². The first-order chi connectivity index (χ1) is 10.3. The smallest absolute Gasteiger partial charge is 0.213 e. The summed E-state index contributed by atoms with van der Waals surface area (Å²) in [5.74, 6) is -1.13. The Morgan fingerprint density at radius 1 is 1.35 bits per heavy atom. The number of hydrogen-bond acceptors (Lipinski definition) is 6. The van der Waals surface area contributed by atoms with E-state index in [0.29, 0.717) is 6.42 Å². The van der Waals surface area contributed by atoms with Gasteiger partial charge in [0.1, 0.15) is 5.78 Å². The van der Waals surface area contributed by atoms with Gasteiger partial charge in [-0.15, -0.1) is 0 Å². The Kier molecular flexibility index (Phi) is 7.86. The number of hydrogen-bond donors (Lipinski definition) is 2. The number of rotatable bonds is 5. The summed E-state index contributed by atoms with van der Waals surface area (Å²) in [6.45, 7) is 10.5. The lowest BCUT2D eigenvalue weighted by Crippen LogP contribution is -2.58. The fraction of sp³-hybridized carbons (Fsp3) is 0.812. The summed E-state index contributed by atoms with van der Waals surface area (Å²) in [5.41, 5.74) is -0.742. The van der Waals surface area contributed by atoms with Crippen LogP contribution in [0.25, 0.3) is 0 Å². The zero-order chi connectivity index (χ0) is 18.4. The zero-order valence-electron chi connectivity index (χ0n) is 14.8. The Hall–Kier alpha value is -1.47. The summed E-state index contributed by atoms with van der Waals surface area (Å²) in [7, 11) is 0. The van der Waals surface area contributed by atoms with Gasteiger partial charge in [-0.05, 0) is 18.6 Å². The maximum absolute atomic E-state index is 10.9. The van der Waals surface area contributed by atoms with Crippen LogP contribution in [0.2, 0.25) is 0 Å². The van der Waals surface area contributed by atoms with Crippen molar-refractivity contribution >= 4 is 18.0 Å². The van der Waals surface area contributed by atoms with Gasteiger partial charge >= 0.3 is 0 Å². The predicted molar refractivity (Wildman–Crippen MR) is 82.3 cm³/mol. The average Bonchev–Trinajstić information content (AvgIpc) is 2.34. The van der Waals surface area contributed by atoms with Gasteiger partial charge in [0.2, 0.25) is 5.54 Å². The molecule has 1 aliphatic rings. The topological polar surface area (TPSA) is 110 Å². The number of aliphatic hydroxyl groups is 1. The molecule has 23 heavy (non-hydrogen) atoms. The van der Waals surface area contributed by atoms with Crippen LogP contribution in [0.15, 0.2) is 0 Å². The van der Waals surface area contributed by atoms with Crippen LogP contribution in [0.1, 0.15) is 54.4 Å². The van der Waals surface area contributed by atoms with Gasteiger partial charge in [0.15, 0.2) is 6.21 Å². The Bertz CT molecular complexity index is 451. The third-order valence-electron chi connectivity index (χ3n) is 4.46. The van der Waals surface area contributed by atoms with Crippen LogP contribution in [0.5, 0.6) is 0 Å². The van der Waals surface area contributed by atoms with Crippen LogP contribution in [0, 0.1) is 5.41 Å². The number of carboxylic acids is 1. The number of ether oxygens (including phenoxy) is 1. The Balaban J connectivity index is 0.00000108. The van der Waals surface area contributed by atoms with Crippen molar-refractivity contribution in [1.29, 1.82) is 0 Å². The SMILES string of the molecule is CC(=O)CC(O)COC1CC=[N+](O)C(C)(C)C1(C)C.CC(=O)[O-]. The number of aliphatic carboxylic acids is 1. The monoisotopic (exact) mass is 331 g/mol. The van der Waals surface area contributed by atoms with E-state index in [4.69, 9.17) is 14.6 Å². The molecule has 2 atom stereocenters. The first kappa shape index (κ1) is 21.5. The molecule has 7 nitrogen and oxygen atoms in total. The van der Waals surface area contributed by atoms with Crippen LogP contribution in [-0.2, 0) is 14.3 Å². The van der Waals surface area contributed by atoms with Gasteiger partial charge in [-0.3, -0.25) is 10.0 Å². The highest BCUT2D eigenvalue weighted by Crippen LogP contribution is 2.41. The van der Waals surface area contributed by atoms with Crippen LogP contribution in [0.3, 0.4) is 0 Å². The van der Waals surface area contributed by atoms with Crippen molar-refractivity contribution in [3.8, 4) is 0 Å². The number of nitrogens with zero attached hydrogens (tertiary/aromatic N) is 1. The maximum Gasteiger partial charge on any atom is 0.213 e. The second-order valence-corrected chi connectivity index (χ2v) is 6.92. The molecule has 0 radical (unpaired) electrons. The minimum Gasteiger partial charge on any atom is -0.550 e. The van der Waals surface area contributed by atoms with Crippen molar-refractivity contribution in [2.24, 2.45) is 5.41 Å². The van der Waals surface area contributed by atoms with E-state index in [-0.39, 0.29) is 30.3 Å². The third-order valence-corrected chi connectivity index (χ3v) is 4.46. The van der Waals surface area contributed by atoms with Crippen molar-refractivity contribution in [1.82, 2.24) is 0 Å². The molecule has 2 unspecified atom stereocenters. The van der Waals surface area contributed by atoms with E-state index in [1.165, 1.54) is 11.7 Å². The van der Waals surface area contributed by atoms with E-state index in [0.717, 1.165) is 6.92 Å². The lowest BCUT2D eigenvalue weighted by atomic mass is 9.68. The second-order valence-electron chi connectivity index (χ2n) is 6.92. The first-order valence-corrected chi connectivity index (χ1v) is 7.60. The summed E-state index contributed by atoms with van der Waals surface area (Å²) in [6, 6.07) is 0. The fourth-order valence-electron chi connectivity index (χ4n) is 2.30. The van der Waals surface area contributed by atoms with Crippen LogP contribution in [0.4, 0.5) is 0 Å². The molecule has 0 spiro atoms. The Morgan fingerprint density at radius 2 is 1.83 bits per heavy atom. The zero-order valence-corrected chi connectivity index (χ0v) is 14.8. The molecule has 0 aromatic rings. The predicted octanol–water partition coefficient (Wildman–Crippen LogP) is 0.149. The highest BCUT2D eigenvalue weighted by molar-refractivity contribution is 5.75. The van der Waals surface area contributed by atoms with E-state index in [2.05, 4.69) is 0 Å². The summed E-state index contributed by atoms with van der Waals surface area (Å²) in [4.78, 5) is 19.8. The highest BCUT2D eigenvalue weighted by Gasteiger charge is 2.55. The molecule has 1 aliphatic heterocycles. The molecule has 0 amide bonds. The van der Waals surface area contributed by atoms with E-state index < -0.39 is 17.6 Å². The lowest BCUT2D eigenvalue weighted by molar-refractivity contribution is -0.833. The van der Waals surface area contributed by atoms with Crippen molar-refractivity contribution in [3.05, 3.63) is 0 Å². The molecule has 134 valence electrons. The molecule has 1 rings (SSSR count). The van der Waals surface area contributed by atoms with Crippen molar-refractivity contribution < 1.29 is 34.5 Å². The van der Waals surface area contributed by atoms with Crippen molar-refractivity contribution in [3.63, 3.8) is 0 Å². The molecule has 0 bridgehead atoms. The normalized spacial score (nSPS) is 23.1. The fourth-order valence-corrected chi connectivity index (χ4v) is 2.30. The molecule has 0 saturated heterocycles. The molecule has 7 heteroatoms. The van der Waals surface area contributed by atoms with Crippen LogP contribution in [-0.4, -0.2) is 57.4 Å². The van der Waals surface area contributed by atoms with Gasteiger partial charge in [0.05, 0.1) is 30.7 Å². The summed E-state index contributed by atoms with van der Waals surface area (Å²) < 4.78 is 7.01. The first-order valence-electron chi connectivity index (χ1n) is 7.60. The van der Waals surface area contributed by atoms with E-state index in [1.54, 1.807) is 6.21 Å². The second kappa shape index (κ2) is 8.40. The molecule has 1 heterocycles.